The van der Waals surface area contributed by atoms with Gasteiger partial charge in [0.25, 0.3) is 0 Å². The quantitative estimate of drug-likeness (QED) is 0.444. The average molecular weight is 506 g/mol. The van der Waals surface area contributed by atoms with Gasteiger partial charge in [0.1, 0.15) is 5.75 Å². The van der Waals surface area contributed by atoms with Gasteiger partial charge in [-0.1, -0.05) is 54.6 Å². The molecular formula is C25H29Cl2N3O2S. The maximum atomic E-state index is 12.6. The van der Waals surface area contributed by atoms with Crippen molar-refractivity contribution in [3.63, 3.8) is 0 Å². The highest BCUT2D eigenvalue weighted by atomic mass is 35.5. The van der Waals surface area contributed by atoms with Gasteiger partial charge in [0, 0.05) is 31.1 Å². The molecule has 2 unspecified atom stereocenters. The predicted molar refractivity (Wildman–Crippen MR) is 140 cm³/mol. The third-order valence-electron chi connectivity index (χ3n) is 5.24. The van der Waals surface area contributed by atoms with Crippen LogP contribution in [0.3, 0.4) is 0 Å². The molecule has 3 aromatic rings. The number of para-hydroxylation sites is 1. The molecule has 2 aromatic carbocycles. The molecule has 1 aliphatic rings. The molecule has 4 rings (SSSR count). The van der Waals surface area contributed by atoms with Crippen molar-refractivity contribution in [1.29, 1.82) is 0 Å². The lowest BCUT2D eigenvalue weighted by atomic mass is 10.1. The first-order valence-electron chi connectivity index (χ1n) is 10.6. The SMILES string of the molecule is Cl.Cl.O=C(NCCc1ccccc1OCCc1ccccc1)C1CSC(c2cccnc2)N1. The zero-order chi connectivity index (χ0) is 21.3. The summed E-state index contributed by atoms with van der Waals surface area (Å²) >= 11 is 1.74. The second kappa shape index (κ2) is 14.1. The van der Waals surface area contributed by atoms with Crippen molar-refractivity contribution in [2.45, 2.75) is 24.3 Å². The summed E-state index contributed by atoms with van der Waals surface area (Å²) in [7, 11) is 0. The minimum absolute atomic E-state index is 0. The van der Waals surface area contributed by atoms with E-state index in [0.29, 0.717) is 13.2 Å². The van der Waals surface area contributed by atoms with Crippen LogP contribution in [0, 0.1) is 0 Å². The number of thioether (sulfide) groups is 1. The normalized spacial score (nSPS) is 16.8. The minimum Gasteiger partial charge on any atom is -0.493 e. The number of carbonyl (C=O) groups is 1. The summed E-state index contributed by atoms with van der Waals surface area (Å²) in [5.41, 5.74) is 3.47. The van der Waals surface area contributed by atoms with Crippen LogP contribution in [0.25, 0.3) is 0 Å². The van der Waals surface area contributed by atoms with Gasteiger partial charge >= 0.3 is 0 Å². The van der Waals surface area contributed by atoms with Crippen molar-refractivity contribution in [3.05, 3.63) is 95.8 Å². The first-order chi connectivity index (χ1) is 15.3. The molecule has 1 aromatic heterocycles. The van der Waals surface area contributed by atoms with Crippen molar-refractivity contribution in [2.24, 2.45) is 0 Å². The van der Waals surface area contributed by atoms with Crippen molar-refractivity contribution < 1.29 is 9.53 Å². The Bertz CT molecular complexity index is 980. The van der Waals surface area contributed by atoms with E-state index in [1.54, 1.807) is 18.0 Å². The number of amides is 1. The number of aromatic nitrogens is 1. The standard InChI is InChI=1S/C25H27N3O2S.2ClH/c29-24(22-18-31-25(28-22)21-10-6-14-26-17-21)27-15-12-20-9-4-5-11-23(20)30-16-13-19-7-2-1-3-8-19;;/h1-11,14,17,22,25,28H,12-13,15-16,18H2,(H,27,29);2*1H. The van der Waals surface area contributed by atoms with Crippen LogP contribution in [0.15, 0.2) is 79.1 Å². The minimum atomic E-state index is -0.187. The van der Waals surface area contributed by atoms with Crippen molar-refractivity contribution in [2.75, 3.05) is 18.9 Å². The third-order valence-corrected chi connectivity index (χ3v) is 6.51. The van der Waals surface area contributed by atoms with Crippen molar-refractivity contribution >= 4 is 42.5 Å². The number of benzene rings is 2. The number of rotatable bonds is 9. The summed E-state index contributed by atoms with van der Waals surface area (Å²) < 4.78 is 6.03. The molecule has 0 spiro atoms. The van der Waals surface area contributed by atoms with Gasteiger partial charge in [0.15, 0.2) is 0 Å². The lowest BCUT2D eigenvalue weighted by Crippen LogP contribution is -2.43. The molecule has 1 saturated heterocycles. The maximum Gasteiger partial charge on any atom is 0.238 e. The first kappa shape index (κ1) is 27.0. The molecule has 0 saturated carbocycles. The number of halogens is 2. The van der Waals surface area contributed by atoms with E-state index in [1.165, 1.54) is 5.56 Å². The van der Waals surface area contributed by atoms with Gasteiger partial charge < -0.3 is 10.1 Å². The fourth-order valence-electron chi connectivity index (χ4n) is 3.56. The molecule has 1 amide bonds. The van der Waals surface area contributed by atoms with E-state index in [4.69, 9.17) is 4.74 Å². The number of ether oxygens (including phenoxy) is 1. The number of pyridine rings is 1. The third kappa shape index (κ3) is 7.93. The van der Waals surface area contributed by atoms with Crippen molar-refractivity contribution in [3.8, 4) is 5.75 Å². The monoisotopic (exact) mass is 505 g/mol. The van der Waals surface area contributed by atoms with Gasteiger partial charge in [0.2, 0.25) is 5.91 Å². The largest absolute Gasteiger partial charge is 0.493 e. The van der Waals surface area contributed by atoms with E-state index in [0.717, 1.165) is 35.5 Å². The van der Waals surface area contributed by atoms with Gasteiger partial charge in [-0.15, -0.1) is 36.6 Å². The summed E-state index contributed by atoms with van der Waals surface area (Å²) in [4.78, 5) is 16.8. The zero-order valence-corrected chi connectivity index (χ0v) is 20.6. The molecule has 33 heavy (non-hydrogen) atoms. The second-order valence-corrected chi connectivity index (χ2v) is 8.59. The van der Waals surface area contributed by atoms with Gasteiger partial charge in [-0.3, -0.25) is 15.1 Å². The summed E-state index contributed by atoms with van der Waals surface area (Å²) in [6.45, 7) is 1.21. The molecule has 176 valence electrons. The fourth-order valence-corrected chi connectivity index (χ4v) is 4.79. The number of nitrogens with zero attached hydrogens (tertiary/aromatic N) is 1. The van der Waals surface area contributed by atoms with Crippen LogP contribution >= 0.6 is 36.6 Å². The van der Waals surface area contributed by atoms with Gasteiger partial charge in [0.05, 0.1) is 18.0 Å². The lowest BCUT2D eigenvalue weighted by Gasteiger charge is -2.15. The van der Waals surface area contributed by atoms with Gasteiger partial charge in [-0.2, -0.15) is 0 Å². The Morgan fingerprint density at radius 3 is 2.61 bits per heavy atom. The van der Waals surface area contributed by atoms with Crippen LogP contribution in [-0.2, 0) is 17.6 Å². The highest BCUT2D eigenvalue weighted by Gasteiger charge is 2.30. The van der Waals surface area contributed by atoms with E-state index in [-0.39, 0.29) is 42.1 Å². The lowest BCUT2D eigenvalue weighted by molar-refractivity contribution is -0.122. The van der Waals surface area contributed by atoms with Crippen LogP contribution in [0.1, 0.15) is 22.1 Å². The highest BCUT2D eigenvalue weighted by Crippen LogP contribution is 2.32. The molecule has 2 atom stereocenters. The molecule has 1 fully saturated rings. The molecule has 2 heterocycles. The summed E-state index contributed by atoms with van der Waals surface area (Å²) in [6, 6.07) is 22.1. The van der Waals surface area contributed by atoms with Crippen LogP contribution in [0.4, 0.5) is 0 Å². The number of nitrogens with one attached hydrogen (secondary N) is 2. The summed E-state index contributed by atoms with van der Waals surface area (Å²) in [5.74, 6) is 1.69. The Morgan fingerprint density at radius 2 is 1.82 bits per heavy atom. The van der Waals surface area contributed by atoms with Gasteiger partial charge in [-0.25, -0.2) is 0 Å². The second-order valence-electron chi connectivity index (χ2n) is 7.45. The zero-order valence-electron chi connectivity index (χ0n) is 18.2. The van der Waals surface area contributed by atoms with E-state index in [1.807, 2.05) is 54.7 Å². The van der Waals surface area contributed by atoms with Crippen LogP contribution in [0.2, 0.25) is 0 Å². The van der Waals surface area contributed by atoms with E-state index in [2.05, 4.69) is 33.8 Å². The number of hydrogen-bond acceptors (Lipinski definition) is 5. The Morgan fingerprint density at radius 1 is 1.03 bits per heavy atom. The maximum absolute atomic E-state index is 12.6. The molecule has 0 radical (unpaired) electrons. The molecule has 0 aliphatic carbocycles. The molecule has 2 N–H and O–H groups in total. The molecule has 5 nitrogen and oxygen atoms in total. The van der Waals surface area contributed by atoms with E-state index < -0.39 is 0 Å². The van der Waals surface area contributed by atoms with E-state index in [9.17, 15) is 4.79 Å². The molecule has 8 heteroatoms. The highest BCUT2D eigenvalue weighted by molar-refractivity contribution is 7.99. The molecule has 1 aliphatic heterocycles. The van der Waals surface area contributed by atoms with Crippen LogP contribution in [-0.4, -0.2) is 35.8 Å². The number of hydrogen-bond donors (Lipinski definition) is 2. The molecule has 0 bridgehead atoms. The van der Waals surface area contributed by atoms with Crippen LogP contribution < -0.4 is 15.4 Å². The smallest absolute Gasteiger partial charge is 0.238 e. The predicted octanol–water partition coefficient (Wildman–Crippen LogP) is 4.61. The average Bonchev–Trinajstić information content (AvgIpc) is 3.32. The van der Waals surface area contributed by atoms with Crippen molar-refractivity contribution in [1.82, 2.24) is 15.6 Å². The molecular weight excluding hydrogens is 477 g/mol. The van der Waals surface area contributed by atoms with E-state index >= 15 is 0 Å². The van der Waals surface area contributed by atoms with Gasteiger partial charge in [-0.05, 0) is 35.2 Å². The topological polar surface area (TPSA) is 63.2 Å². The fraction of sp³-hybridized carbons (Fsp3) is 0.280. The Labute approximate surface area is 211 Å². The Hall–Kier alpha value is -2.25. The summed E-state index contributed by atoms with van der Waals surface area (Å²) in [6.07, 6.45) is 5.21. The Balaban J connectivity index is 0.00000193. The number of carbonyl (C=O) groups excluding carboxylic acids is 1. The summed E-state index contributed by atoms with van der Waals surface area (Å²) in [5, 5.41) is 6.58. The first-order valence-corrected chi connectivity index (χ1v) is 11.6. The van der Waals surface area contributed by atoms with Crippen LogP contribution in [0.5, 0.6) is 5.75 Å². The Kier molecular flexibility index (Phi) is 11.5.